The number of amides is 7. The van der Waals surface area contributed by atoms with E-state index < -0.39 is 54.0 Å². The lowest BCUT2D eigenvalue weighted by molar-refractivity contribution is -0.137. The molecule has 5 atom stereocenters. The number of aliphatic imine (C=N–C) groups is 1. The molecule has 30 nitrogen and oxygen atoms in total. The highest BCUT2D eigenvalue weighted by atomic mass is 16.6. The normalized spacial score (nSPS) is 16.9. The van der Waals surface area contributed by atoms with Crippen LogP contribution in [-0.2, 0) is 84.4 Å². The van der Waals surface area contributed by atoms with E-state index in [1.54, 1.807) is 60.6 Å². The van der Waals surface area contributed by atoms with Crippen molar-refractivity contribution < 1.29 is 110 Å². The van der Waals surface area contributed by atoms with Gasteiger partial charge in [-0.05, 0) is 82.1 Å². The Balaban J connectivity index is 0.0000162. The third-order valence-corrected chi connectivity index (χ3v) is 18.1. The van der Waals surface area contributed by atoms with Gasteiger partial charge in [-0.1, -0.05) is 56.7 Å². The number of Topliss-reactive ketones (excluding diaryl/α,β-unsaturated/α-hetero) is 2. The number of ketones is 2. The minimum absolute atomic E-state index is 0. The van der Waals surface area contributed by atoms with E-state index >= 15 is 0 Å². The number of unbranched alkanes of at least 4 members (excludes halogenated alkanes) is 2. The van der Waals surface area contributed by atoms with E-state index in [9.17, 15) is 48.3 Å². The van der Waals surface area contributed by atoms with Crippen LogP contribution in [0, 0.1) is 11.8 Å². The summed E-state index contributed by atoms with van der Waals surface area (Å²) in [5, 5.41) is 17.5. The van der Waals surface area contributed by atoms with Crippen molar-refractivity contribution in [3.63, 3.8) is 0 Å². The summed E-state index contributed by atoms with van der Waals surface area (Å²) in [6, 6.07) is 11.5. The first kappa shape index (κ1) is 86.3. The largest absolute Gasteiger partial charge is 0.493 e. The van der Waals surface area contributed by atoms with Gasteiger partial charge in [0.15, 0.2) is 35.0 Å². The Hall–Kier alpha value is -8.98. The summed E-state index contributed by atoms with van der Waals surface area (Å²) in [5.41, 5.74) is 4.27. The first-order valence-electron chi connectivity index (χ1n) is 36.5. The van der Waals surface area contributed by atoms with Crippen LogP contribution in [0.15, 0.2) is 89.2 Å². The summed E-state index contributed by atoms with van der Waals surface area (Å²) in [7, 11) is 2.97. The van der Waals surface area contributed by atoms with E-state index in [2.05, 4.69) is 15.6 Å². The maximum atomic E-state index is 14.3. The second-order valence-corrected chi connectivity index (χ2v) is 26.5. The average Bonchev–Trinajstić information content (AvgIpc) is 1.60. The number of carbonyl (C=O) groups is 9. The van der Waals surface area contributed by atoms with E-state index in [-0.39, 0.29) is 124 Å². The van der Waals surface area contributed by atoms with E-state index in [1.807, 2.05) is 33.9 Å². The second-order valence-electron chi connectivity index (χ2n) is 26.5. The van der Waals surface area contributed by atoms with Gasteiger partial charge in [0, 0.05) is 87.6 Å². The maximum absolute atomic E-state index is 14.3. The lowest BCUT2D eigenvalue weighted by atomic mass is 9.88. The fraction of sp³-hybridized carbons (Fsp3) is 0.564. The fourth-order valence-electron chi connectivity index (χ4n) is 12.2. The van der Waals surface area contributed by atoms with Crippen LogP contribution in [0.3, 0.4) is 0 Å². The highest BCUT2D eigenvalue weighted by Crippen LogP contribution is 2.43. The van der Waals surface area contributed by atoms with Crippen molar-refractivity contribution in [1.29, 1.82) is 0 Å². The molecule has 0 saturated heterocycles. The molecule has 108 heavy (non-hydrogen) atoms. The third-order valence-electron chi connectivity index (χ3n) is 18.1. The first-order valence-corrected chi connectivity index (χ1v) is 36.5. The molecule has 0 aromatic heterocycles. The van der Waals surface area contributed by atoms with Gasteiger partial charge in [-0.2, -0.15) is 0 Å². The Morgan fingerprint density at radius 3 is 1.67 bits per heavy atom. The van der Waals surface area contributed by atoms with Crippen molar-refractivity contribution in [2.75, 3.05) is 151 Å². The monoisotopic (exact) mass is 1510 g/mol. The molecular formula is C78H107N7O23. The molecule has 5 aliphatic heterocycles. The van der Waals surface area contributed by atoms with Crippen molar-refractivity contribution in [3.8, 4) is 23.0 Å². The molecule has 592 valence electrons. The summed E-state index contributed by atoms with van der Waals surface area (Å²) >= 11 is 0. The number of aliphatic hydroxyl groups excluding tert-OH is 1. The molecule has 0 aliphatic carbocycles. The van der Waals surface area contributed by atoms with E-state index in [1.165, 1.54) is 43.4 Å². The van der Waals surface area contributed by atoms with Crippen LogP contribution in [0.25, 0.3) is 0 Å². The predicted octanol–water partition coefficient (Wildman–Crippen LogP) is 7.20. The van der Waals surface area contributed by atoms with Crippen LogP contribution in [-0.4, -0.2) is 250 Å². The Kier molecular flexibility index (Phi) is 36.0. The number of rotatable bonds is 50. The van der Waals surface area contributed by atoms with Crippen LogP contribution in [0.4, 0.5) is 16.2 Å². The molecule has 0 radical (unpaired) electrons. The number of ether oxygens (including phenoxy) is 13. The van der Waals surface area contributed by atoms with Gasteiger partial charge in [-0.3, -0.25) is 48.2 Å². The standard InChI is InChI=1S/C77H103N7O23.CH4/c1-51(2)59(42-58(85)18-23-97-25-27-99-29-31-101-33-35-103-37-38-104-36-34-102-32-30-100-28-26-98-24-19-78-70(87)17-20-81-71(88)15-16-72(81)89)73(90)80-54(5)65(86)41-55-11-13-56(14-12-55)50-107-77(94)84-63-46-69(67(96-7)44-61(63)75(92)83-49-53(4)40-64(83)76(84)93)106-22-10-8-9-21-105-68-45-62-60(43-66(68)95-6)74(91)82-48-52(3)39-57(82)47-79-62;/h11-16,43-49,51,54,57,59,64,76,93H,8-10,17-42,50H2,1-7H3,(H,78,87)(H,80,90);1H4/t54-,57-,59-,64-,76-;/m0./s1. The molecule has 7 amide bonds. The number of imide groups is 1. The molecule has 3 aromatic rings. The molecule has 0 spiro atoms. The SMILES string of the molecule is C.COc1cc2c(cc1OCCCCCOc1cc3c(cc1OC)C(=O)N1C=C(C)C[C@H]1[C@H](O)N3C(=O)OCc1ccc(CC(=O)[C@H](C)NC(=O)[C@@H](CC(=O)CCOCCOCCOCCOCCOCCOCCOCCOCCNC(=O)CCN3C(=O)C=CC3=O)C(C)C)cc1)N=C[C@@H]1CC(C)=CN1C2=O. The summed E-state index contributed by atoms with van der Waals surface area (Å²) < 4.78 is 73.7. The molecule has 0 saturated carbocycles. The lowest BCUT2D eigenvalue weighted by Crippen LogP contribution is -2.50. The summed E-state index contributed by atoms with van der Waals surface area (Å²) in [6.45, 7) is 15.5. The van der Waals surface area contributed by atoms with Gasteiger partial charge in [0.2, 0.25) is 11.8 Å². The first-order chi connectivity index (χ1) is 51.7. The van der Waals surface area contributed by atoms with Gasteiger partial charge in [0.1, 0.15) is 12.4 Å². The zero-order valence-electron chi connectivity index (χ0n) is 62.3. The molecule has 3 N–H and O–H groups in total. The van der Waals surface area contributed by atoms with Crippen molar-refractivity contribution in [1.82, 2.24) is 25.3 Å². The highest BCUT2D eigenvalue weighted by Gasteiger charge is 2.45. The lowest BCUT2D eigenvalue weighted by Gasteiger charge is -2.31. The number of hydrogen-bond acceptors (Lipinski definition) is 24. The number of carbonyl (C=O) groups excluding carboxylic acids is 9. The van der Waals surface area contributed by atoms with Crippen LogP contribution >= 0.6 is 0 Å². The zero-order valence-corrected chi connectivity index (χ0v) is 62.3. The van der Waals surface area contributed by atoms with Crippen LogP contribution < -0.4 is 34.5 Å². The second kappa shape index (κ2) is 45.1. The average molecular weight is 1510 g/mol. The molecule has 30 heteroatoms. The summed E-state index contributed by atoms with van der Waals surface area (Å²) in [6.07, 6.45) is 8.33. The number of aliphatic hydroxyl groups is 1. The quantitative estimate of drug-likeness (QED) is 0.0371. The Labute approximate surface area is 631 Å². The van der Waals surface area contributed by atoms with Crippen LogP contribution in [0.5, 0.6) is 23.0 Å². The number of anilines is 1. The minimum Gasteiger partial charge on any atom is -0.493 e. The smallest absolute Gasteiger partial charge is 0.416 e. The van der Waals surface area contributed by atoms with E-state index in [0.717, 1.165) is 27.4 Å². The van der Waals surface area contributed by atoms with Crippen molar-refractivity contribution in [3.05, 3.63) is 106 Å². The molecule has 0 fully saturated rings. The molecular weight excluding hydrogens is 1400 g/mol. The Morgan fingerprint density at radius 2 is 1.10 bits per heavy atom. The van der Waals surface area contributed by atoms with Gasteiger partial charge < -0.3 is 87.1 Å². The van der Waals surface area contributed by atoms with Gasteiger partial charge in [0.25, 0.3) is 23.6 Å². The highest BCUT2D eigenvalue weighted by molar-refractivity contribution is 6.13. The Bertz CT molecular complexity index is 3620. The molecule has 0 bridgehead atoms. The molecule has 8 rings (SSSR count). The number of fused-ring (bicyclic) bond motifs is 4. The van der Waals surface area contributed by atoms with Crippen molar-refractivity contribution >= 4 is 70.7 Å². The zero-order chi connectivity index (χ0) is 76.6. The van der Waals surface area contributed by atoms with Crippen LogP contribution in [0.2, 0.25) is 0 Å². The van der Waals surface area contributed by atoms with Crippen molar-refractivity contribution in [2.24, 2.45) is 16.8 Å². The van der Waals surface area contributed by atoms with Gasteiger partial charge in [-0.25, -0.2) is 9.69 Å². The molecule has 5 heterocycles. The van der Waals surface area contributed by atoms with Gasteiger partial charge >= 0.3 is 6.09 Å². The number of benzene rings is 3. The van der Waals surface area contributed by atoms with E-state index in [0.29, 0.717) is 165 Å². The topological polar surface area (TPSA) is 343 Å². The number of methoxy groups -OCH3 is 2. The summed E-state index contributed by atoms with van der Waals surface area (Å²) in [4.78, 5) is 127. The molecule has 5 aliphatic rings. The number of nitrogens with zero attached hydrogens (tertiary/aromatic N) is 5. The van der Waals surface area contributed by atoms with Crippen LogP contribution in [0.1, 0.15) is 125 Å². The van der Waals surface area contributed by atoms with E-state index in [4.69, 9.17) is 61.6 Å². The fourth-order valence-corrected chi connectivity index (χ4v) is 12.2. The predicted molar refractivity (Wildman–Crippen MR) is 396 cm³/mol. The molecule has 3 aromatic carbocycles. The number of nitrogens with one attached hydrogen (secondary N) is 2. The third kappa shape index (κ3) is 26.1. The minimum atomic E-state index is -1.51. The maximum Gasteiger partial charge on any atom is 0.416 e. The van der Waals surface area contributed by atoms with Gasteiger partial charge in [0.05, 0.1) is 174 Å². The number of hydrogen-bond donors (Lipinski definition) is 3. The van der Waals surface area contributed by atoms with Crippen molar-refractivity contribution in [2.45, 2.75) is 131 Å². The van der Waals surface area contributed by atoms with Gasteiger partial charge in [-0.15, -0.1) is 0 Å². The Morgan fingerprint density at radius 1 is 0.593 bits per heavy atom. The summed E-state index contributed by atoms with van der Waals surface area (Å²) in [5.74, 6) is -1.97. The molecule has 0 unspecified atom stereocenters.